The summed E-state index contributed by atoms with van der Waals surface area (Å²) in [5, 5.41) is 0. The number of aliphatic imine (C=N–C) groups is 1. The van der Waals surface area contributed by atoms with Crippen LogP contribution >= 0.6 is 0 Å². The van der Waals surface area contributed by atoms with Gasteiger partial charge in [-0.05, 0) is 32.1 Å². The van der Waals surface area contributed by atoms with Gasteiger partial charge in [0, 0.05) is 5.70 Å². The van der Waals surface area contributed by atoms with E-state index in [4.69, 9.17) is 0 Å². The molecule has 11 heavy (non-hydrogen) atoms. The van der Waals surface area contributed by atoms with Crippen LogP contribution in [0.4, 0.5) is 0 Å². The average Bonchev–Trinajstić information content (AvgIpc) is 1.85. The van der Waals surface area contributed by atoms with Gasteiger partial charge < -0.3 is 0 Å². The highest BCUT2D eigenvalue weighted by Gasteiger charge is 1.95. The maximum Gasteiger partial charge on any atom is 0.0367 e. The molecule has 0 aliphatic heterocycles. The molecule has 0 aromatic heterocycles. The Bertz CT molecular complexity index is 175. The Morgan fingerprint density at radius 3 is 2.45 bits per heavy atom. The van der Waals surface area contributed by atoms with Crippen LogP contribution in [-0.2, 0) is 0 Å². The fourth-order valence-electron chi connectivity index (χ4n) is 0.924. The van der Waals surface area contributed by atoms with Gasteiger partial charge >= 0.3 is 0 Å². The van der Waals surface area contributed by atoms with E-state index in [1.54, 1.807) is 0 Å². The summed E-state index contributed by atoms with van der Waals surface area (Å²) in [6, 6.07) is 0. The second-order valence-corrected chi connectivity index (χ2v) is 3.20. The van der Waals surface area contributed by atoms with Crippen LogP contribution in [-0.4, -0.2) is 6.72 Å². The minimum Gasteiger partial charge on any atom is -0.269 e. The summed E-state index contributed by atoms with van der Waals surface area (Å²) in [4.78, 5) is 3.79. The van der Waals surface area contributed by atoms with Crippen molar-refractivity contribution in [3.8, 4) is 0 Å². The lowest BCUT2D eigenvalue weighted by Gasteiger charge is -2.03. The smallest absolute Gasteiger partial charge is 0.0367 e. The van der Waals surface area contributed by atoms with E-state index >= 15 is 0 Å². The van der Waals surface area contributed by atoms with Gasteiger partial charge in [-0.25, -0.2) is 0 Å². The highest BCUT2D eigenvalue weighted by Crippen LogP contribution is 2.11. The Hall–Kier alpha value is -0.850. The summed E-state index contributed by atoms with van der Waals surface area (Å²) in [6.45, 7) is 13.6. The first-order valence-corrected chi connectivity index (χ1v) is 3.89. The predicted octanol–water partition coefficient (Wildman–Crippen LogP) is 3.19. The fraction of sp³-hybridized carbons (Fsp3) is 0.500. The third kappa shape index (κ3) is 5.59. The van der Waals surface area contributed by atoms with Gasteiger partial charge in [-0.3, -0.25) is 4.99 Å². The standard InChI is InChI=1S/C10H17N/c1-8(2)6-9(3)7-10(4)11-5/h7-8H,3,5-6H2,1-2,4H3/b10-7-. The van der Waals surface area contributed by atoms with Crippen LogP contribution in [0.15, 0.2) is 28.9 Å². The molecule has 0 atom stereocenters. The van der Waals surface area contributed by atoms with Crippen molar-refractivity contribution in [3.05, 3.63) is 23.9 Å². The summed E-state index contributed by atoms with van der Waals surface area (Å²) >= 11 is 0. The van der Waals surface area contributed by atoms with Crippen molar-refractivity contribution < 1.29 is 0 Å². The first-order valence-electron chi connectivity index (χ1n) is 3.89. The Kier molecular flexibility index (Phi) is 4.51. The summed E-state index contributed by atoms with van der Waals surface area (Å²) < 4.78 is 0. The van der Waals surface area contributed by atoms with Gasteiger partial charge in [-0.1, -0.05) is 26.0 Å². The van der Waals surface area contributed by atoms with E-state index in [1.165, 1.54) is 0 Å². The molecule has 0 bridgehead atoms. The molecule has 0 radical (unpaired) electrons. The van der Waals surface area contributed by atoms with E-state index in [0.717, 1.165) is 17.7 Å². The summed E-state index contributed by atoms with van der Waals surface area (Å²) in [6.07, 6.45) is 3.01. The molecule has 0 saturated heterocycles. The van der Waals surface area contributed by atoms with Crippen molar-refractivity contribution >= 4 is 6.72 Å². The topological polar surface area (TPSA) is 12.4 Å². The van der Waals surface area contributed by atoms with Crippen molar-refractivity contribution in [2.75, 3.05) is 0 Å². The molecule has 0 aromatic rings. The zero-order valence-corrected chi connectivity index (χ0v) is 7.72. The monoisotopic (exact) mass is 151 g/mol. The second-order valence-electron chi connectivity index (χ2n) is 3.20. The van der Waals surface area contributed by atoms with E-state index < -0.39 is 0 Å². The lowest BCUT2D eigenvalue weighted by atomic mass is 10.0. The Morgan fingerprint density at radius 1 is 1.55 bits per heavy atom. The van der Waals surface area contributed by atoms with Gasteiger partial charge in [-0.15, -0.1) is 0 Å². The predicted molar refractivity (Wildman–Crippen MR) is 51.9 cm³/mol. The minimum absolute atomic E-state index is 0.663. The van der Waals surface area contributed by atoms with Crippen LogP contribution in [0.3, 0.4) is 0 Å². The largest absolute Gasteiger partial charge is 0.269 e. The number of allylic oxidation sites excluding steroid dienone is 3. The zero-order valence-electron chi connectivity index (χ0n) is 7.72. The molecule has 1 nitrogen and oxygen atoms in total. The van der Waals surface area contributed by atoms with E-state index in [0.29, 0.717) is 5.92 Å². The minimum atomic E-state index is 0.663. The maximum absolute atomic E-state index is 3.92. The third-order valence-electron chi connectivity index (χ3n) is 1.33. The van der Waals surface area contributed by atoms with Crippen LogP contribution < -0.4 is 0 Å². The molecule has 0 aromatic carbocycles. The Balaban J connectivity index is 3.96. The van der Waals surface area contributed by atoms with E-state index in [-0.39, 0.29) is 0 Å². The van der Waals surface area contributed by atoms with Crippen LogP contribution in [0, 0.1) is 5.92 Å². The number of rotatable bonds is 4. The third-order valence-corrected chi connectivity index (χ3v) is 1.33. The zero-order chi connectivity index (χ0) is 8.85. The van der Waals surface area contributed by atoms with Gasteiger partial charge in [0.1, 0.15) is 0 Å². The van der Waals surface area contributed by atoms with Crippen LogP contribution in [0.2, 0.25) is 0 Å². The maximum atomic E-state index is 3.92. The molecule has 0 fully saturated rings. The van der Waals surface area contributed by atoms with Crippen molar-refractivity contribution in [2.24, 2.45) is 10.9 Å². The van der Waals surface area contributed by atoms with Gasteiger partial charge in [0.2, 0.25) is 0 Å². The lowest BCUT2D eigenvalue weighted by Crippen LogP contribution is -1.87. The molecule has 0 N–H and O–H groups in total. The average molecular weight is 151 g/mol. The van der Waals surface area contributed by atoms with Gasteiger partial charge in [0.25, 0.3) is 0 Å². The van der Waals surface area contributed by atoms with Crippen LogP contribution in [0.1, 0.15) is 27.2 Å². The first-order chi connectivity index (χ1) is 5.06. The quantitative estimate of drug-likeness (QED) is 0.432. The SMILES string of the molecule is C=N/C(C)=C\C(=C)CC(C)C. The van der Waals surface area contributed by atoms with Crippen molar-refractivity contribution in [1.29, 1.82) is 0 Å². The molecule has 1 heteroatoms. The number of hydrogen-bond donors (Lipinski definition) is 0. The molecule has 0 spiro atoms. The van der Waals surface area contributed by atoms with E-state index in [2.05, 4.69) is 32.1 Å². The van der Waals surface area contributed by atoms with Gasteiger partial charge in [0.15, 0.2) is 0 Å². The molecule has 0 amide bonds. The van der Waals surface area contributed by atoms with Gasteiger partial charge in [-0.2, -0.15) is 0 Å². The number of hydrogen-bond acceptors (Lipinski definition) is 1. The van der Waals surface area contributed by atoms with Gasteiger partial charge in [0.05, 0.1) is 0 Å². The van der Waals surface area contributed by atoms with Crippen molar-refractivity contribution in [3.63, 3.8) is 0 Å². The second kappa shape index (κ2) is 4.89. The Labute approximate surface area is 69.5 Å². The molecule has 0 rings (SSSR count). The molecule has 0 aliphatic carbocycles. The summed E-state index contributed by atoms with van der Waals surface area (Å²) in [5.74, 6) is 0.663. The van der Waals surface area contributed by atoms with Crippen molar-refractivity contribution in [2.45, 2.75) is 27.2 Å². The highest BCUT2D eigenvalue weighted by atomic mass is 14.7. The molecule has 0 unspecified atom stereocenters. The van der Waals surface area contributed by atoms with Crippen LogP contribution in [0.5, 0.6) is 0 Å². The molecular formula is C10H17N. The molecule has 0 aliphatic rings. The highest BCUT2D eigenvalue weighted by molar-refractivity contribution is 5.31. The summed E-state index contributed by atoms with van der Waals surface area (Å²) in [7, 11) is 0. The van der Waals surface area contributed by atoms with E-state index in [9.17, 15) is 0 Å². The lowest BCUT2D eigenvalue weighted by molar-refractivity contribution is 0.650. The molecule has 0 heterocycles. The summed E-state index contributed by atoms with van der Waals surface area (Å²) in [5.41, 5.74) is 2.07. The molecule has 0 saturated carbocycles. The van der Waals surface area contributed by atoms with Crippen LogP contribution in [0.25, 0.3) is 0 Å². The Morgan fingerprint density at radius 2 is 2.09 bits per heavy atom. The molecular weight excluding hydrogens is 134 g/mol. The normalized spacial score (nSPS) is 11.8. The molecule has 62 valence electrons. The fourth-order valence-corrected chi connectivity index (χ4v) is 0.924. The number of nitrogens with zero attached hydrogens (tertiary/aromatic N) is 1. The van der Waals surface area contributed by atoms with Crippen molar-refractivity contribution in [1.82, 2.24) is 0 Å². The van der Waals surface area contributed by atoms with E-state index in [1.807, 2.05) is 13.0 Å². The first kappa shape index (κ1) is 10.2.